The Bertz CT molecular complexity index is 2860. The van der Waals surface area contributed by atoms with Crippen molar-refractivity contribution in [2.45, 2.75) is 0 Å². The van der Waals surface area contributed by atoms with E-state index in [1.807, 2.05) is 24.3 Å². The lowest BCUT2D eigenvalue weighted by molar-refractivity contribution is 0.669. The second kappa shape index (κ2) is 9.71. The van der Waals surface area contributed by atoms with Crippen LogP contribution in [0, 0.1) is 11.3 Å². The number of hydrogen-bond donors (Lipinski definition) is 0. The van der Waals surface area contributed by atoms with Crippen molar-refractivity contribution in [2.75, 3.05) is 0 Å². The van der Waals surface area contributed by atoms with Crippen LogP contribution in [0.5, 0.6) is 0 Å². The smallest absolute Gasteiger partial charge is 0.137 e. The molecule has 0 atom stereocenters. The van der Waals surface area contributed by atoms with Gasteiger partial charge in [-0.3, -0.25) is 0 Å². The van der Waals surface area contributed by atoms with Crippen LogP contribution in [0.2, 0.25) is 0 Å². The van der Waals surface area contributed by atoms with Crippen molar-refractivity contribution in [1.82, 2.24) is 9.13 Å². The Morgan fingerprint density at radius 3 is 1.74 bits per heavy atom. The second-order valence-electron chi connectivity index (χ2n) is 12.0. The van der Waals surface area contributed by atoms with Gasteiger partial charge in [0.25, 0.3) is 0 Å². The van der Waals surface area contributed by atoms with E-state index < -0.39 is 0 Å². The van der Waals surface area contributed by atoms with E-state index in [1.54, 1.807) is 0 Å². The molecule has 0 aliphatic carbocycles. The van der Waals surface area contributed by atoms with Gasteiger partial charge in [-0.25, -0.2) is 0 Å². The monoisotopic (exact) mass is 599 g/mol. The first-order chi connectivity index (χ1) is 23.3. The van der Waals surface area contributed by atoms with Crippen molar-refractivity contribution < 1.29 is 4.42 Å². The molecule has 0 saturated heterocycles. The largest absolute Gasteiger partial charge is 0.456 e. The van der Waals surface area contributed by atoms with Gasteiger partial charge in [0.1, 0.15) is 17.2 Å². The maximum absolute atomic E-state index is 10.4. The third kappa shape index (κ3) is 3.57. The summed E-state index contributed by atoms with van der Waals surface area (Å²) in [6.45, 7) is 0. The van der Waals surface area contributed by atoms with Crippen molar-refractivity contribution in [3.63, 3.8) is 0 Å². The molecule has 47 heavy (non-hydrogen) atoms. The Balaban J connectivity index is 1.22. The van der Waals surface area contributed by atoms with E-state index in [-0.39, 0.29) is 0 Å². The van der Waals surface area contributed by atoms with E-state index in [1.165, 1.54) is 21.5 Å². The predicted octanol–water partition coefficient (Wildman–Crippen LogP) is 11.3. The molecule has 0 saturated carbocycles. The summed E-state index contributed by atoms with van der Waals surface area (Å²) in [7, 11) is 0. The molecule has 0 unspecified atom stereocenters. The summed E-state index contributed by atoms with van der Waals surface area (Å²) in [4.78, 5) is 0. The Morgan fingerprint density at radius 2 is 1.06 bits per heavy atom. The highest BCUT2D eigenvalue weighted by atomic mass is 16.3. The SMILES string of the molecule is N#Cc1cccc(-c2ccc(-n3c4ccccc4c4ccc5oc6ccccc6c5c43)cc2)c1-n1c2ccccc2c2ccccc21. The lowest BCUT2D eigenvalue weighted by atomic mass is 9.99. The first-order valence-corrected chi connectivity index (χ1v) is 15.8. The first kappa shape index (κ1) is 25.7. The van der Waals surface area contributed by atoms with Crippen molar-refractivity contribution in [3.05, 3.63) is 157 Å². The number of benzene rings is 7. The van der Waals surface area contributed by atoms with Crippen LogP contribution in [-0.2, 0) is 0 Å². The average Bonchev–Trinajstić information content (AvgIpc) is 3.79. The van der Waals surface area contributed by atoms with Crippen LogP contribution in [0.1, 0.15) is 5.56 Å². The Hall–Kier alpha value is -6.57. The van der Waals surface area contributed by atoms with E-state index >= 15 is 0 Å². The molecule has 3 aromatic heterocycles. The highest BCUT2D eigenvalue weighted by molar-refractivity contribution is 6.24. The molecule has 0 bridgehead atoms. The molecule has 0 radical (unpaired) electrons. The van der Waals surface area contributed by atoms with Crippen molar-refractivity contribution in [3.8, 4) is 28.6 Å². The molecule has 0 spiro atoms. The maximum Gasteiger partial charge on any atom is 0.137 e. The quantitative estimate of drug-likeness (QED) is 0.203. The summed E-state index contributed by atoms with van der Waals surface area (Å²) in [5.74, 6) is 0. The Kier molecular flexibility index (Phi) is 5.32. The van der Waals surface area contributed by atoms with Gasteiger partial charge in [-0.2, -0.15) is 5.26 Å². The fraction of sp³-hybridized carbons (Fsp3) is 0. The van der Waals surface area contributed by atoms with Gasteiger partial charge in [0.2, 0.25) is 0 Å². The minimum Gasteiger partial charge on any atom is -0.456 e. The zero-order valence-corrected chi connectivity index (χ0v) is 25.2. The van der Waals surface area contributed by atoms with Gasteiger partial charge in [-0.15, -0.1) is 0 Å². The summed E-state index contributed by atoms with van der Waals surface area (Å²) < 4.78 is 10.9. The number of hydrogen-bond acceptors (Lipinski definition) is 2. The third-order valence-electron chi connectivity index (χ3n) is 9.57. The molecule has 0 aliphatic rings. The predicted molar refractivity (Wildman–Crippen MR) is 193 cm³/mol. The molecular weight excluding hydrogens is 574 g/mol. The van der Waals surface area contributed by atoms with E-state index in [4.69, 9.17) is 4.42 Å². The molecule has 218 valence electrons. The molecule has 0 N–H and O–H groups in total. The zero-order chi connectivity index (χ0) is 31.1. The molecule has 0 fully saturated rings. The van der Waals surface area contributed by atoms with Gasteiger partial charge >= 0.3 is 0 Å². The van der Waals surface area contributed by atoms with Gasteiger partial charge in [0, 0.05) is 38.2 Å². The van der Waals surface area contributed by atoms with E-state index in [9.17, 15) is 5.26 Å². The molecule has 4 heteroatoms. The van der Waals surface area contributed by atoms with E-state index in [0.717, 1.165) is 66.5 Å². The number of aromatic nitrogens is 2. The number of furan rings is 1. The molecule has 4 nitrogen and oxygen atoms in total. The highest BCUT2D eigenvalue weighted by Crippen LogP contribution is 2.42. The molecular formula is C43H25N3O. The van der Waals surface area contributed by atoms with Crippen molar-refractivity contribution in [2.24, 2.45) is 0 Å². The first-order valence-electron chi connectivity index (χ1n) is 15.8. The van der Waals surface area contributed by atoms with Crippen LogP contribution in [0.3, 0.4) is 0 Å². The number of para-hydroxylation sites is 5. The van der Waals surface area contributed by atoms with E-state index in [2.05, 4.69) is 143 Å². The van der Waals surface area contributed by atoms with Crippen LogP contribution in [0.15, 0.2) is 156 Å². The number of fused-ring (bicyclic) bond motifs is 10. The number of nitrogens with zero attached hydrogens (tertiary/aromatic N) is 3. The van der Waals surface area contributed by atoms with Crippen LogP contribution < -0.4 is 0 Å². The molecule has 10 aromatic rings. The summed E-state index contributed by atoms with van der Waals surface area (Å²) in [6.07, 6.45) is 0. The van der Waals surface area contributed by atoms with Gasteiger partial charge in [-0.05, 0) is 60.2 Å². The maximum atomic E-state index is 10.4. The molecule has 0 amide bonds. The molecule has 0 aliphatic heterocycles. The second-order valence-corrected chi connectivity index (χ2v) is 12.0. The highest BCUT2D eigenvalue weighted by Gasteiger charge is 2.21. The standard InChI is InChI=1S/C43H25N3O/c44-26-28-10-9-15-30(42(28)46-37-17-6-1-11-31(37)32-12-2-7-18-38(32)46)27-20-22-29(23-21-27)45-36-16-5-3-13-33(36)34-24-25-40-41(43(34)45)35-14-4-8-19-39(35)47-40/h1-25H. The van der Waals surface area contributed by atoms with Gasteiger partial charge in [0.15, 0.2) is 0 Å². The van der Waals surface area contributed by atoms with E-state index in [0.29, 0.717) is 5.56 Å². The Labute approximate surface area is 269 Å². The van der Waals surface area contributed by atoms with Crippen LogP contribution in [0.25, 0.3) is 88.1 Å². The van der Waals surface area contributed by atoms with Crippen molar-refractivity contribution >= 4 is 65.6 Å². The normalized spacial score (nSPS) is 11.8. The average molecular weight is 600 g/mol. The number of nitriles is 1. The fourth-order valence-corrected chi connectivity index (χ4v) is 7.59. The summed E-state index contributed by atoms with van der Waals surface area (Å²) in [6, 6.07) is 55.2. The molecule has 3 heterocycles. The van der Waals surface area contributed by atoms with Gasteiger partial charge in [0.05, 0.1) is 38.7 Å². The minimum atomic E-state index is 0.634. The van der Waals surface area contributed by atoms with Crippen molar-refractivity contribution in [1.29, 1.82) is 5.26 Å². The molecule has 7 aromatic carbocycles. The summed E-state index contributed by atoms with van der Waals surface area (Å²) in [5, 5.41) is 17.3. The lowest BCUT2D eigenvalue weighted by Gasteiger charge is -2.16. The topological polar surface area (TPSA) is 46.8 Å². The van der Waals surface area contributed by atoms with Gasteiger partial charge in [-0.1, -0.05) is 97.1 Å². The summed E-state index contributed by atoms with van der Waals surface area (Å²) in [5.41, 5.74) is 10.8. The lowest BCUT2D eigenvalue weighted by Crippen LogP contribution is -2.01. The minimum absolute atomic E-state index is 0.634. The fourth-order valence-electron chi connectivity index (χ4n) is 7.59. The summed E-state index contributed by atoms with van der Waals surface area (Å²) >= 11 is 0. The van der Waals surface area contributed by atoms with Crippen LogP contribution >= 0.6 is 0 Å². The third-order valence-corrected chi connectivity index (χ3v) is 9.57. The Morgan fingerprint density at radius 1 is 0.468 bits per heavy atom. The molecule has 10 rings (SSSR count). The zero-order valence-electron chi connectivity index (χ0n) is 25.2. The van der Waals surface area contributed by atoms with Crippen LogP contribution in [-0.4, -0.2) is 9.13 Å². The van der Waals surface area contributed by atoms with Gasteiger partial charge < -0.3 is 13.6 Å². The van der Waals surface area contributed by atoms with Crippen LogP contribution in [0.4, 0.5) is 0 Å². The number of rotatable bonds is 3.